The van der Waals surface area contributed by atoms with Crippen LogP contribution in [0, 0.1) is 0 Å². The van der Waals surface area contributed by atoms with Crippen molar-refractivity contribution >= 4 is 29.9 Å². The smallest absolute Gasteiger partial charge is 0.191 e. The lowest BCUT2D eigenvalue weighted by molar-refractivity contribution is 0.0485. The van der Waals surface area contributed by atoms with E-state index in [-0.39, 0.29) is 31.8 Å². The third-order valence-corrected chi connectivity index (χ3v) is 13.2. The van der Waals surface area contributed by atoms with E-state index < -0.39 is 8.32 Å². The molecule has 0 heterocycles. The van der Waals surface area contributed by atoms with Crippen molar-refractivity contribution in [2.24, 2.45) is 0 Å². The second kappa shape index (κ2) is 14.9. The molecule has 2 N–H and O–H groups in total. The molecule has 0 aliphatic rings. The van der Waals surface area contributed by atoms with E-state index in [0.717, 1.165) is 58.5 Å². The van der Waals surface area contributed by atoms with Crippen LogP contribution in [0.15, 0.2) is 54.6 Å². The molecule has 0 aromatic heterocycles. The third kappa shape index (κ3) is 7.45. The Hall–Kier alpha value is -2.98. The standard InChI is InChI=1S/C36H48O7Si/c1-36(2,3)44(6,7)43-17-11-10-12-25-15-16-31-27(18-25)20-29(22-38)35(42-24-40-5)33(31)32-30-14-9-8-13-26(30)19-28(21-37)34(32)41-23-39-4/h8-9,13-16,18-20,37-38H,10-12,17,21-24H2,1-7H3. The summed E-state index contributed by atoms with van der Waals surface area (Å²) in [7, 11) is 1.38. The van der Waals surface area contributed by atoms with Crippen LogP contribution in [0.4, 0.5) is 0 Å². The topological polar surface area (TPSA) is 86.6 Å². The molecule has 4 rings (SSSR count). The van der Waals surface area contributed by atoms with Gasteiger partial charge in [-0.15, -0.1) is 0 Å². The quantitative estimate of drug-likeness (QED) is 0.0792. The van der Waals surface area contributed by atoms with Crippen LogP contribution < -0.4 is 9.47 Å². The molecule has 0 aliphatic heterocycles. The molecular weight excluding hydrogens is 572 g/mol. The minimum Gasteiger partial charge on any atom is -0.467 e. The summed E-state index contributed by atoms with van der Waals surface area (Å²) in [5, 5.41) is 25.0. The maximum Gasteiger partial charge on any atom is 0.191 e. The van der Waals surface area contributed by atoms with Crippen LogP contribution in [0.25, 0.3) is 32.7 Å². The van der Waals surface area contributed by atoms with Crippen molar-refractivity contribution < 1.29 is 33.6 Å². The summed E-state index contributed by atoms with van der Waals surface area (Å²) in [4.78, 5) is 0. The minimum atomic E-state index is -1.75. The first kappa shape index (κ1) is 33.9. The molecular formula is C36H48O7Si. The second-order valence-electron chi connectivity index (χ2n) is 12.7. The molecule has 0 fully saturated rings. The van der Waals surface area contributed by atoms with Crippen molar-refractivity contribution in [3.05, 3.63) is 71.3 Å². The van der Waals surface area contributed by atoms with Crippen molar-refractivity contribution in [1.29, 1.82) is 0 Å². The number of aryl methyl sites for hydroxylation is 1. The fourth-order valence-electron chi connectivity index (χ4n) is 5.31. The fraction of sp³-hybridized carbons (Fsp3) is 0.444. The average molecular weight is 621 g/mol. The first-order chi connectivity index (χ1) is 21.1. The van der Waals surface area contributed by atoms with Crippen molar-refractivity contribution in [3.8, 4) is 22.6 Å². The number of ether oxygens (including phenoxy) is 4. The van der Waals surface area contributed by atoms with Crippen LogP contribution >= 0.6 is 0 Å². The lowest BCUT2D eigenvalue weighted by atomic mass is 9.88. The number of hydrogen-bond donors (Lipinski definition) is 2. The summed E-state index contributed by atoms with van der Waals surface area (Å²) in [6.45, 7) is 11.8. The van der Waals surface area contributed by atoms with Crippen molar-refractivity contribution in [2.75, 3.05) is 34.4 Å². The summed E-state index contributed by atoms with van der Waals surface area (Å²) < 4.78 is 29.3. The molecule has 44 heavy (non-hydrogen) atoms. The number of rotatable bonds is 15. The molecule has 0 radical (unpaired) electrons. The van der Waals surface area contributed by atoms with E-state index in [0.29, 0.717) is 22.6 Å². The van der Waals surface area contributed by atoms with Crippen LogP contribution in [0.2, 0.25) is 18.1 Å². The molecule has 0 unspecified atom stereocenters. The predicted octanol–water partition coefficient (Wildman–Crippen LogP) is 7.95. The van der Waals surface area contributed by atoms with Gasteiger partial charge in [-0.1, -0.05) is 63.2 Å². The second-order valence-corrected chi connectivity index (χ2v) is 17.5. The van der Waals surface area contributed by atoms with Crippen molar-refractivity contribution in [1.82, 2.24) is 0 Å². The number of benzene rings is 4. The number of aliphatic hydroxyl groups excluding tert-OH is 2. The average Bonchev–Trinajstić information content (AvgIpc) is 3.00. The zero-order valence-corrected chi connectivity index (χ0v) is 28.3. The van der Waals surface area contributed by atoms with E-state index in [9.17, 15) is 10.2 Å². The highest BCUT2D eigenvalue weighted by Gasteiger charge is 2.36. The summed E-state index contributed by atoms with van der Waals surface area (Å²) in [6, 6.07) is 18.4. The number of methoxy groups -OCH3 is 2. The predicted molar refractivity (Wildman–Crippen MR) is 180 cm³/mol. The Kier molecular flexibility index (Phi) is 11.5. The molecule has 0 amide bonds. The molecule has 7 nitrogen and oxygen atoms in total. The van der Waals surface area contributed by atoms with Gasteiger partial charge in [-0.2, -0.15) is 0 Å². The molecule has 0 bridgehead atoms. The van der Waals surface area contributed by atoms with E-state index in [4.69, 9.17) is 23.4 Å². The molecule has 0 saturated carbocycles. The van der Waals surface area contributed by atoms with Gasteiger partial charge in [0.15, 0.2) is 21.9 Å². The van der Waals surface area contributed by atoms with Gasteiger partial charge >= 0.3 is 0 Å². The Morgan fingerprint density at radius 3 is 1.84 bits per heavy atom. The van der Waals surface area contributed by atoms with Gasteiger partial charge in [0, 0.05) is 43.1 Å². The lowest BCUT2D eigenvalue weighted by Crippen LogP contribution is -2.40. The van der Waals surface area contributed by atoms with Crippen LogP contribution in [0.3, 0.4) is 0 Å². The SMILES string of the molecule is COCOc1c(CO)cc2ccccc2c1-c1c(OCOC)c(CO)cc2cc(CCCCO[Si](C)(C)C(C)(C)C)ccc12. The summed E-state index contributed by atoms with van der Waals surface area (Å²) in [6.07, 6.45) is 2.95. The zero-order valence-electron chi connectivity index (χ0n) is 27.3. The molecule has 4 aromatic rings. The highest BCUT2D eigenvalue weighted by Crippen LogP contribution is 2.49. The molecule has 0 atom stereocenters. The minimum absolute atomic E-state index is 0.00637. The van der Waals surface area contributed by atoms with Crippen molar-refractivity contribution in [3.63, 3.8) is 0 Å². The van der Waals surface area contributed by atoms with E-state index in [2.05, 4.69) is 52.1 Å². The maximum atomic E-state index is 10.5. The lowest BCUT2D eigenvalue weighted by Gasteiger charge is -2.36. The summed E-state index contributed by atoms with van der Waals surface area (Å²) >= 11 is 0. The van der Waals surface area contributed by atoms with Gasteiger partial charge in [-0.3, -0.25) is 0 Å². The Morgan fingerprint density at radius 2 is 1.27 bits per heavy atom. The first-order valence-corrected chi connectivity index (χ1v) is 18.2. The maximum absolute atomic E-state index is 10.5. The van der Waals surface area contributed by atoms with Crippen LogP contribution in [0.5, 0.6) is 11.5 Å². The first-order valence-electron chi connectivity index (χ1n) is 15.3. The van der Waals surface area contributed by atoms with Gasteiger partial charge in [-0.25, -0.2) is 0 Å². The van der Waals surface area contributed by atoms with E-state index in [1.165, 1.54) is 5.56 Å². The van der Waals surface area contributed by atoms with Gasteiger partial charge in [0.05, 0.1) is 13.2 Å². The van der Waals surface area contributed by atoms with Crippen molar-refractivity contribution in [2.45, 2.75) is 71.4 Å². The van der Waals surface area contributed by atoms with E-state index in [1.807, 2.05) is 36.4 Å². The van der Waals surface area contributed by atoms with Crippen LogP contribution in [-0.4, -0.2) is 52.9 Å². The normalized spacial score (nSPS) is 12.3. The summed E-state index contributed by atoms with van der Waals surface area (Å²) in [5.74, 6) is 1.03. The van der Waals surface area contributed by atoms with E-state index in [1.54, 1.807) is 14.2 Å². The molecule has 0 aliphatic carbocycles. The van der Waals surface area contributed by atoms with E-state index >= 15 is 0 Å². The highest BCUT2D eigenvalue weighted by atomic mass is 28.4. The van der Waals surface area contributed by atoms with Crippen LogP contribution in [-0.2, 0) is 33.5 Å². The Labute approximate surface area is 262 Å². The monoisotopic (exact) mass is 620 g/mol. The highest BCUT2D eigenvalue weighted by molar-refractivity contribution is 6.74. The number of aliphatic hydroxyl groups is 2. The van der Waals surface area contributed by atoms with Gasteiger partial charge in [-0.05, 0) is 76.6 Å². The van der Waals surface area contributed by atoms with Gasteiger partial charge < -0.3 is 33.6 Å². The fourth-order valence-corrected chi connectivity index (χ4v) is 6.40. The Balaban J connectivity index is 1.82. The van der Waals surface area contributed by atoms with Gasteiger partial charge in [0.2, 0.25) is 0 Å². The number of fused-ring (bicyclic) bond motifs is 2. The molecule has 4 aromatic carbocycles. The van der Waals surface area contributed by atoms with Gasteiger partial charge in [0.25, 0.3) is 0 Å². The number of hydrogen-bond acceptors (Lipinski definition) is 7. The Bertz CT molecular complexity index is 1560. The number of unbranched alkanes of at least 4 members (excludes halogenated alkanes) is 1. The van der Waals surface area contributed by atoms with Gasteiger partial charge in [0.1, 0.15) is 11.5 Å². The molecule has 0 spiro atoms. The zero-order chi connectivity index (χ0) is 31.9. The summed E-state index contributed by atoms with van der Waals surface area (Å²) in [5.41, 5.74) is 4.03. The molecule has 8 heteroatoms. The molecule has 0 saturated heterocycles. The van der Waals surface area contributed by atoms with Crippen LogP contribution in [0.1, 0.15) is 50.3 Å². The largest absolute Gasteiger partial charge is 0.467 e. The third-order valence-electron chi connectivity index (χ3n) is 8.67. The molecule has 238 valence electrons. The Morgan fingerprint density at radius 1 is 0.705 bits per heavy atom.